The molecule has 5 heterocycles. The molecule has 1 amide bonds. The second-order valence-corrected chi connectivity index (χ2v) is 12.0. The fourth-order valence-electron chi connectivity index (χ4n) is 5.55. The van der Waals surface area contributed by atoms with E-state index in [-0.39, 0.29) is 17.5 Å². The smallest absolute Gasteiger partial charge is 0.475 e. The molecule has 4 aromatic rings. The minimum atomic E-state index is -5.08. The van der Waals surface area contributed by atoms with Crippen LogP contribution in [0.25, 0.3) is 22.4 Å². The molecule has 44 heavy (non-hydrogen) atoms. The molecule has 0 bridgehead atoms. The predicted molar refractivity (Wildman–Crippen MR) is 162 cm³/mol. The van der Waals surface area contributed by atoms with Gasteiger partial charge in [0, 0.05) is 42.2 Å². The molecular weight excluding hydrogens is 597 g/mol. The van der Waals surface area contributed by atoms with Crippen molar-refractivity contribution in [2.24, 2.45) is 0 Å². The lowest BCUT2D eigenvalue weighted by Crippen LogP contribution is -2.29. The lowest BCUT2D eigenvalue weighted by Gasteiger charge is -2.19. The van der Waals surface area contributed by atoms with Gasteiger partial charge in [0.25, 0.3) is 11.5 Å². The third-order valence-corrected chi connectivity index (χ3v) is 8.51. The van der Waals surface area contributed by atoms with Crippen LogP contribution in [-0.4, -0.2) is 80.1 Å². The van der Waals surface area contributed by atoms with Crippen LogP contribution in [0.15, 0.2) is 46.7 Å². The zero-order chi connectivity index (χ0) is 31.4. The number of carboxylic acids is 1. The minimum Gasteiger partial charge on any atom is -0.475 e. The molecule has 1 aromatic carbocycles. The van der Waals surface area contributed by atoms with Gasteiger partial charge in [-0.2, -0.15) is 13.2 Å². The molecule has 0 unspecified atom stereocenters. The quantitative estimate of drug-likeness (QED) is 0.202. The molecule has 10 nitrogen and oxygen atoms in total. The topological polar surface area (TPSA) is 134 Å². The summed E-state index contributed by atoms with van der Waals surface area (Å²) < 4.78 is 31.7. The van der Waals surface area contributed by atoms with E-state index in [1.807, 2.05) is 23.1 Å². The van der Waals surface area contributed by atoms with Crippen LogP contribution in [0.1, 0.15) is 47.0 Å². The van der Waals surface area contributed by atoms with E-state index in [0.717, 1.165) is 48.3 Å². The molecule has 2 aliphatic rings. The largest absolute Gasteiger partial charge is 0.490 e. The SMILES string of the molecule is C[C@@H](Cc1cccs1)Nc1cc[nH]c(=O)c1-c1nc2cc3c(cc2[nH]1)CN(CCCN1CCCC1)C3=O.O=C(O)C(F)(F)F. The van der Waals surface area contributed by atoms with Gasteiger partial charge in [-0.25, -0.2) is 9.78 Å². The number of hydrogen-bond acceptors (Lipinski definition) is 7. The highest BCUT2D eigenvalue weighted by Gasteiger charge is 2.38. The van der Waals surface area contributed by atoms with Crippen LogP contribution in [0.2, 0.25) is 0 Å². The second-order valence-electron chi connectivity index (χ2n) is 11.0. The van der Waals surface area contributed by atoms with E-state index in [4.69, 9.17) is 14.9 Å². The zero-order valence-corrected chi connectivity index (χ0v) is 24.9. The summed E-state index contributed by atoms with van der Waals surface area (Å²) >= 11 is 1.73. The number of thiophene rings is 1. The van der Waals surface area contributed by atoms with Gasteiger partial charge < -0.3 is 30.2 Å². The molecular formula is C30H33F3N6O4S. The molecule has 1 saturated heterocycles. The third kappa shape index (κ3) is 7.30. The van der Waals surface area contributed by atoms with E-state index in [1.165, 1.54) is 30.8 Å². The van der Waals surface area contributed by atoms with Gasteiger partial charge in [0.15, 0.2) is 0 Å². The number of carbonyl (C=O) groups is 2. The number of aliphatic carboxylic acids is 1. The summed E-state index contributed by atoms with van der Waals surface area (Å²) in [6, 6.07) is 10.1. The Morgan fingerprint density at radius 3 is 2.61 bits per heavy atom. The van der Waals surface area contributed by atoms with E-state index in [1.54, 1.807) is 17.5 Å². The Morgan fingerprint density at radius 2 is 1.93 bits per heavy atom. The highest BCUT2D eigenvalue weighted by Crippen LogP contribution is 2.30. The summed E-state index contributed by atoms with van der Waals surface area (Å²) in [6.45, 7) is 6.92. The van der Waals surface area contributed by atoms with Crippen LogP contribution in [-0.2, 0) is 17.8 Å². The van der Waals surface area contributed by atoms with Crippen molar-refractivity contribution in [2.75, 3.05) is 31.5 Å². The van der Waals surface area contributed by atoms with Crippen molar-refractivity contribution in [3.05, 3.63) is 68.3 Å². The normalized spacial score (nSPS) is 15.7. The number of carbonyl (C=O) groups excluding carboxylic acids is 1. The molecule has 0 aliphatic carbocycles. The second kappa shape index (κ2) is 13.2. The summed E-state index contributed by atoms with van der Waals surface area (Å²) in [6.07, 6.45) is 1.01. The fourth-order valence-corrected chi connectivity index (χ4v) is 6.39. The monoisotopic (exact) mass is 630 g/mol. The molecule has 14 heteroatoms. The van der Waals surface area contributed by atoms with Gasteiger partial charge in [0.2, 0.25) is 0 Å². The Kier molecular flexibility index (Phi) is 9.39. The molecule has 4 N–H and O–H groups in total. The van der Waals surface area contributed by atoms with Crippen LogP contribution in [0.3, 0.4) is 0 Å². The number of nitrogens with zero attached hydrogens (tertiary/aromatic N) is 3. The molecule has 0 radical (unpaired) electrons. The zero-order valence-electron chi connectivity index (χ0n) is 24.0. The molecule has 2 aliphatic heterocycles. The number of benzene rings is 1. The number of amides is 1. The predicted octanol–water partition coefficient (Wildman–Crippen LogP) is 5.10. The first-order chi connectivity index (χ1) is 21.0. The maximum absolute atomic E-state index is 13.1. The van der Waals surface area contributed by atoms with Crippen LogP contribution in [0, 0.1) is 0 Å². The van der Waals surface area contributed by atoms with E-state index in [0.29, 0.717) is 23.4 Å². The van der Waals surface area contributed by atoms with E-state index < -0.39 is 12.1 Å². The Morgan fingerprint density at radius 1 is 1.18 bits per heavy atom. The number of aromatic amines is 2. The van der Waals surface area contributed by atoms with Crippen molar-refractivity contribution < 1.29 is 27.9 Å². The molecule has 1 atom stereocenters. The third-order valence-electron chi connectivity index (χ3n) is 7.62. The molecule has 234 valence electrons. The van der Waals surface area contributed by atoms with Gasteiger partial charge in [0.1, 0.15) is 11.4 Å². The Balaban J connectivity index is 0.000000493. The van der Waals surface area contributed by atoms with Crippen LogP contribution < -0.4 is 10.9 Å². The maximum Gasteiger partial charge on any atom is 0.490 e. The van der Waals surface area contributed by atoms with Gasteiger partial charge in [-0.1, -0.05) is 6.07 Å². The van der Waals surface area contributed by atoms with Crippen LogP contribution in [0.4, 0.5) is 18.9 Å². The van der Waals surface area contributed by atoms with Crippen molar-refractivity contribution in [1.29, 1.82) is 0 Å². The Labute approximate surface area is 254 Å². The highest BCUT2D eigenvalue weighted by molar-refractivity contribution is 7.09. The van der Waals surface area contributed by atoms with Gasteiger partial charge in [-0.05, 0) is 81.0 Å². The number of pyridine rings is 1. The van der Waals surface area contributed by atoms with Crippen molar-refractivity contribution in [2.45, 2.75) is 51.4 Å². The number of hydrogen-bond donors (Lipinski definition) is 4. The lowest BCUT2D eigenvalue weighted by atomic mass is 10.1. The first-order valence-electron chi connectivity index (χ1n) is 14.3. The number of alkyl halides is 3. The fraction of sp³-hybridized carbons (Fsp3) is 0.400. The molecule has 0 saturated carbocycles. The van der Waals surface area contributed by atoms with Crippen molar-refractivity contribution in [3.63, 3.8) is 0 Å². The molecule has 0 spiro atoms. The Bertz CT molecular complexity index is 1680. The van der Waals surface area contributed by atoms with Crippen molar-refractivity contribution in [3.8, 4) is 11.4 Å². The van der Waals surface area contributed by atoms with Crippen LogP contribution >= 0.6 is 11.3 Å². The Hall–Kier alpha value is -4.17. The lowest BCUT2D eigenvalue weighted by molar-refractivity contribution is -0.192. The number of carboxylic acid groups (broad SMARTS) is 1. The molecule has 1 fully saturated rings. The van der Waals surface area contributed by atoms with Crippen LogP contribution in [0.5, 0.6) is 0 Å². The summed E-state index contributed by atoms with van der Waals surface area (Å²) in [7, 11) is 0. The van der Waals surface area contributed by atoms with Gasteiger partial charge in [-0.3, -0.25) is 9.59 Å². The number of H-pyrrole nitrogens is 2. The van der Waals surface area contributed by atoms with Crippen molar-refractivity contribution in [1.82, 2.24) is 24.8 Å². The first kappa shape index (κ1) is 31.3. The van der Waals surface area contributed by atoms with E-state index >= 15 is 0 Å². The summed E-state index contributed by atoms with van der Waals surface area (Å²) in [5.74, 6) is -2.18. The van der Waals surface area contributed by atoms with Crippen molar-refractivity contribution >= 4 is 39.9 Å². The minimum absolute atomic E-state index is 0.0742. The van der Waals surface area contributed by atoms with Gasteiger partial charge >= 0.3 is 12.1 Å². The number of rotatable bonds is 9. The number of fused-ring (bicyclic) bond motifs is 2. The summed E-state index contributed by atoms with van der Waals surface area (Å²) in [5.41, 5.74) is 4.27. The molecule has 3 aromatic heterocycles. The number of halogens is 3. The van der Waals surface area contributed by atoms with Gasteiger partial charge in [0.05, 0.1) is 16.7 Å². The number of imidazole rings is 1. The average Bonchev–Trinajstić information content (AvgIpc) is 3.77. The number of aromatic nitrogens is 3. The van der Waals surface area contributed by atoms with E-state index in [9.17, 15) is 22.8 Å². The summed E-state index contributed by atoms with van der Waals surface area (Å²) in [5, 5.41) is 12.7. The number of anilines is 1. The number of nitrogens with one attached hydrogen (secondary N) is 3. The molecule has 6 rings (SSSR count). The first-order valence-corrected chi connectivity index (χ1v) is 15.2. The average molecular weight is 631 g/mol. The highest BCUT2D eigenvalue weighted by atomic mass is 32.1. The van der Waals surface area contributed by atoms with E-state index in [2.05, 4.69) is 44.6 Å². The summed E-state index contributed by atoms with van der Waals surface area (Å²) in [4.78, 5) is 51.5. The van der Waals surface area contributed by atoms with Gasteiger partial charge in [-0.15, -0.1) is 11.3 Å². The maximum atomic E-state index is 13.1. The standard InChI is InChI=1S/C28H32N6O2S.C2HF3O2/c1-18(14-20-6-4-13-37-20)30-22-7-8-29-27(35)25(22)26-31-23-15-19-17-34(12-5-11-33-9-2-3-10-33)28(36)21(19)16-24(23)32-26;3-2(4,5)1(6)7/h4,6-8,13,15-16,18H,2-3,5,9-12,14,17H2,1H3,(H,31,32)(H2,29,30,35);(H,6,7)/t18-;/m0./s1. The number of likely N-dealkylation sites (tertiary alicyclic amines) is 1.